The molecular weight excluding hydrogens is 371 g/mol. The summed E-state index contributed by atoms with van der Waals surface area (Å²) in [5.41, 5.74) is 0.138. The molecule has 0 aliphatic heterocycles. The van der Waals surface area contributed by atoms with Crippen LogP contribution in [0.3, 0.4) is 0 Å². The molecule has 0 saturated heterocycles. The number of unbranched alkanes of at least 4 members (excludes halogenated alkanes) is 15. The number of carboxylic acids is 1. The van der Waals surface area contributed by atoms with Crippen molar-refractivity contribution < 1.29 is 44.2 Å². The fraction of sp³-hybridized carbons (Fsp3) is 0.720. The first-order valence-electron chi connectivity index (χ1n) is 11.7. The van der Waals surface area contributed by atoms with Gasteiger partial charge in [0.15, 0.2) is 0 Å². The summed E-state index contributed by atoms with van der Waals surface area (Å²) in [7, 11) is 0. The number of rotatable bonds is 19. The van der Waals surface area contributed by atoms with E-state index in [4.69, 9.17) is 4.74 Å². The zero-order valence-electron chi connectivity index (χ0n) is 19.1. The summed E-state index contributed by atoms with van der Waals surface area (Å²) in [6.45, 7) is 2.85. The minimum atomic E-state index is -1.18. The molecular formula is C25H41NaO3. The molecule has 0 atom stereocenters. The van der Waals surface area contributed by atoms with Crippen molar-refractivity contribution in [2.45, 2.75) is 110 Å². The van der Waals surface area contributed by atoms with Crippen molar-refractivity contribution >= 4 is 5.97 Å². The van der Waals surface area contributed by atoms with E-state index in [9.17, 15) is 9.90 Å². The number of hydrogen-bond acceptors (Lipinski definition) is 3. The number of aromatic carboxylic acids is 1. The molecule has 3 nitrogen and oxygen atoms in total. The van der Waals surface area contributed by atoms with Gasteiger partial charge < -0.3 is 14.6 Å². The molecule has 29 heavy (non-hydrogen) atoms. The second-order valence-corrected chi connectivity index (χ2v) is 7.94. The van der Waals surface area contributed by atoms with Crippen LogP contribution in [0.15, 0.2) is 24.3 Å². The normalized spacial score (nSPS) is 10.5. The van der Waals surface area contributed by atoms with Crippen molar-refractivity contribution in [1.29, 1.82) is 0 Å². The van der Waals surface area contributed by atoms with Crippen LogP contribution >= 0.6 is 0 Å². The predicted molar refractivity (Wildman–Crippen MR) is 116 cm³/mol. The van der Waals surface area contributed by atoms with E-state index < -0.39 is 5.97 Å². The number of carbonyl (C=O) groups excluding carboxylic acids is 1. The van der Waals surface area contributed by atoms with Crippen molar-refractivity contribution in [3.8, 4) is 5.75 Å². The van der Waals surface area contributed by atoms with E-state index in [0.29, 0.717) is 12.4 Å². The van der Waals surface area contributed by atoms with Crippen LogP contribution in [0, 0.1) is 0 Å². The van der Waals surface area contributed by atoms with Gasteiger partial charge in [-0.05, 0) is 18.6 Å². The Morgan fingerprint density at radius 3 is 1.59 bits per heavy atom. The van der Waals surface area contributed by atoms with Crippen LogP contribution in [0.2, 0.25) is 0 Å². The summed E-state index contributed by atoms with van der Waals surface area (Å²) < 4.78 is 5.60. The monoisotopic (exact) mass is 412 g/mol. The Hall–Kier alpha value is -0.510. The summed E-state index contributed by atoms with van der Waals surface area (Å²) in [5, 5.41) is 11.0. The number of carbonyl (C=O) groups is 1. The summed E-state index contributed by atoms with van der Waals surface area (Å²) >= 11 is 0. The van der Waals surface area contributed by atoms with E-state index in [0.717, 1.165) is 12.8 Å². The molecule has 0 N–H and O–H groups in total. The quantitative estimate of drug-likeness (QED) is 0.257. The Balaban J connectivity index is 0.00000784. The van der Waals surface area contributed by atoms with Gasteiger partial charge in [0.25, 0.3) is 0 Å². The summed E-state index contributed by atoms with van der Waals surface area (Å²) in [6, 6.07) is 6.69. The average Bonchev–Trinajstić information content (AvgIpc) is 2.70. The van der Waals surface area contributed by atoms with Crippen molar-refractivity contribution in [2.75, 3.05) is 6.61 Å². The van der Waals surface area contributed by atoms with Crippen molar-refractivity contribution in [3.63, 3.8) is 0 Å². The van der Waals surface area contributed by atoms with E-state index >= 15 is 0 Å². The van der Waals surface area contributed by atoms with E-state index in [1.54, 1.807) is 18.2 Å². The van der Waals surface area contributed by atoms with Gasteiger partial charge >= 0.3 is 29.6 Å². The molecule has 0 fully saturated rings. The number of para-hydroxylation sites is 1. The largest absolute Gasteiger partial charge is 1.00 e. The van der Waals surface area contributed by atoms with Gasteiger partial charge in [-0.1, -0.05) is 115 Å². The van der Waals surface area contributed by atoms with Gasteiger partial charge in [-0.15, -0.1) is 0 Å². The van der Waals surface area contributed by atoms with Crippen LogP contribution in [-0.2, 0) is 0 Å². The number of ether oxygens (including phenoxy) is 1. The molecule has 1 aromatic carbocycles. The van der Waals surface area contributed by atoms with E-state index in [1.165, 1.54) is 96.0 Å². The molecule has 0 bridgehead atoms. The number of hydrogen-bond donors (Lipinski definition) is 0. The summed E-state index contributed by atoms with van der Waals surface area (Å²) in [5.74, 6) is -0.758. The van der Waals surface area contributed by atoms with Crippen LogP contribution in [0.25, 0.3) is 0 Å². The van der Waals surface area contributed by atoms with Gasteiger partial charge in [0, 0.05) is 5.56 Å². The molecule has 0 aliphatic carbocycles. The van der Waals surface area contributed by atoms with Gasteiger partial charge in [0.1, 0.15) is 5.75 Å². The standard InChI is InChI=1S/C25H42O3.Na/c1-2-3-4-5-6-7-8-9-10-11-12-13-14-15-16-19-22-28-24-21-18-17-20-23(24)25(26)27;/h17-18,20-21H,2-16,19,22H2,1H3,(H,26,27);/q;+1/p-1. The number of carboxylic acid groups (broad SMARTS) is 1. The second-order valence-electron chi connectivity index (χ2n) is 7.94. The third kappa shape index (κ3) is 15.9. The van der Waals surface area contributed by atoms with Crippen LogP contribution in [-0.4, -0.2) is 12.6 Å². The molecule has 0 amide bonds. The molecule has 0 aliphatic rings. The summed E-state index contributed by atoms with van der Waals surface area (Å²) in [6.07, 6.45) is 21.5. The molecule has 0 unspecified atom stereocenters. The maximum atomic E-state index is 11.0. The second kappa shape index (κ2) is 20.8. The third-order valence-corrected chi connectivity index (χ3v) is 5.36. The van der Waals surface area contributed by atoms with E-state index in [1.807, 2.05) is 0 Å². The van der Waals surface area contributed by atoms with E-state index in [-0.39, 0.29) is 35.1 Å². The van der Waals surface area contributed by atoms with Gasteiger partial charge in [0.2, 0.25) is 0 Å². The molecule has 0 radical (unpaired) electrons. The average molecular weight is 413 g/mol. The zero-order valence-corrected chi connectivity index (χ0v) is 21.1. The van der Waals surface area contributed by atoms with Gasteiger partial charge in [-0.2, -0.15) is 0 Å². The van der Waals surface area contributed by atoms with Crippen molar-refractivity contribution in [1.82, 2.24) is 0 Å². The molecule has 0 heterocycles. The summed E-state index contributed by atoms with van der Waals surface area (Å²) in [4.78, 5) is 11.0. The predicted octanol–water partition coefficient (Wildman–Crippen LogP) is 3.69. The molecule has 0 aromatic heterocycles. The Morgan fingerprint density at radius 1 is 0.724 bits per heavy atom. The number of benzene rings is 1. The van der Waals surface area contributed by atoms with Crippen molar-refractivity contribution in [3.05, 3.63) is 29.8 Å². The topological polar surface area (TPSA) is 49.4 Å². The van der Waals surface area contributed by atoms with Crippen LogP contribution in [0.4, 0.5) is 0 Å². The Morgan fingerprint density at radius 2 is 1.14 bits per heavy atom. The maximum absolute atomic E-state index is 11.0. The van der Waals surface area contributed by atoms with Crippen LogP contribution < -0.4 is 39.4 Å². The molecule has 1 rings (SSSR count). The fourth-order valence-corrected chi connectivity index (χ4v) is 3.59. The Kier molecular flexibility index (Phi) is 20.4. The zero-order chi connectivity index (χ0) is 20.3. The van der Waals surface area contributed by atoms with Gasteiger partial charge in [0.05, 0.1) is 12.6 Å². The molecule has 160 valence electrons. The Bertz CT molecular complexity index is 505. The first kappa shape index (κ1) is 28.5. The minimum Gasteiger partial charge on any atom is -0.545 e. The van der Waals surface area contributed by atoms with Crippen LogP contribution in [0.1, 0.15) is 120 Å². The fourth-order valence-electron chi connectivity index (χ4n) is 3.59. The van der Waals surface area contributed by atoms with Crippen LogP contribution in [0.5, 0.6) is 5.75 Å². The molecule has 0 spiro atoms. The SMILES string of the molecule is CCCCCCCCCCCCCCCCCCOc1ccccc1C(=O)[O-].[Na+]. The molecule has 1 aromatic rings. The van der Waals surface area contributed by atoms with Crippen molar-refractivity contribution in [2.24, 2.45) is 0 Å². The van der Waals surface area contributed by atoms with E-state index in [2.05, 4.69) is 6.92 Å². The van der Waals surface area contributed by atoms with Gasteiger partial charge in [-0.25, -0.2) is 0 Å². The first-order chi connectivity index (χ1) is 13.8. The molecule has 4 heteroatoms. The maximum Gasteiger partial charge on any atom is 1.00 e. The third-order valence-electron chi connectivity index (χ3n) is 5.36. The minimum absolute atomic E-state index is 0. The van der Waals surface area contributed by atoms with Gasteiger partial charge in [-0.3, -0.25) is 0 Å². The first-order valence-corrected chi connectivity index (χ1v) is 11.7. The Labute approximate surface area is 201 Å². The molecule has 0 saturated carbocycles. The smallest absolute Gasteiger partial charge is 0.545 e.